The van der Waals surface area contributed by atoms with E-state index < -0.39 is 0 Å². The van der Waals surface area contributed by atoms with Crippen LogP contribution in [0, 0.1) is 0 Å². The molecule has 0 bridgehead atoms. The number of fused-ring (bicyclic) bond motifs is 1. The van der Waals surface area contributed by atoms with E-state index in [4.69, 9.17) is 4.74 Å². The fourth-order valence-electron chi connectivity index (χ4n) is 2.93. The van der Waals surface area contributed by atoms with Gasteiger partial charge in [0.1, 0.15) is 0 Å². The number of hydrogen-bond donors (Lipinski definition) is 0. The van der Waals surface area contributed by atoms with E-state index in [-0.39, 0.29) is 5.56 Å². The van der Waals surface area contributed by atoms with Crippen LogP contribution < -0.4 is 10.5 Å². The van der Waals surface area contributed by atoms with Gasteiger partial charge in [-0.25, -0.2) is 4.98 Å². The van der Waals surface area contributed by atoms with E-state index >= 15 is 0 Å². The first-order chi connectivity index (χ1) is 11.7. The smallest absolute Gasteiger partial charge is 0.262 e. The number of rotatable bonds is 2. The number of morpholine rings is 1. The number of aromatic nitrogens is 3. The molecular formula is C18H18N4O2. The van der Waals surface area contributed by atoms with E-state index in [0.717, 1.165) is 37.6 Å². The van der Waals surface area contributed by atoms with Crippen molar-refractivity contribution >= 4 is 16.6 Å². The maximum atomic E-state index is 12.1. The van der Waals surface area contributed by atoms with E-state index in [0.29, 0.717) is 10.9 Å². The lowest BCUT2D eigenvalue weighted by molar-refractivity contribution is 0.122. The fraction of sp³-hybridized carbons (Fsp3) is 0.278. The van der Waals surface area contributed by atoms with Crippen molar-refractivity contribution in [3.05, 3.63) is 53.2 Å². The second kappa shape index (κ2) is 6.05. The quantitative estimate of drug-likeness (QED) is 0.720. The summed E-state index contributed by atoms with van der Waals surface area (Å²) in [5.74, 6) is 0. The van der Waals surface area contributed by atoms with Gasteiger partial charge in [0, 0.05) is 37.6 Å². The molecule has 0 N–H and O–H groups in total. The molecule has 6 nitrogen and oxygen atoms in total. The fourth-order valence-corrected chi connectivity index (χ4v) is 2.93. The van der Waals surface area contributed by atoms with Crippen molar-refractivity contribution in [1.82, 2.24) is 14.5 Å². The lowest BCUT2D eigenvalue weighted by Crippen LogP contribution is -2.36. The van der Waals surface area contributed by atoms with Crippen LogP contribution in [0.25, 0.3) is 22.2 Å². The Bertz CT molecular complexity index is 928. The molecular weight excluding hydrogens is 304 g/mol. The number of aryl methyl sites for hydroxylation is 1. The molecule has 0 aliphatic carbocycles. The highest BCUT2D eigenvalue weighted by Gasteiger charge is 2.11. The van der Waals surface area contributed by atoms with E-state index in [9.17, 15) is 4.79 Å². The van der Waals surface area contributed by atoms with Crippen LogP contribution >= 0.6 is 0 Å². The molecule has 3 heterocycles. The van der Waals surface area contributed by atoms with Gasteiger partial charge in [-0.1, -0.05) is 12.1 Å². The summed E-state index contributed by atoms with van der Waals surface area (Å²) >= 11 is 0. The third-order valence-corrected chi connectivity index (χ3v) is 4.34. The SMILES string of the molecule is Cn1cnc2cc(-c3ccc(N4CCOCC4)cc3)ncc2c1=O. The number of nitrogens with zero attached hydrogens (tertiary/aromatic N) is 4. The highest BCUT2D eigenvalue weighted by atomic mass is 16.5. The molecule has 2 aromatic heterocycles. The molecule has 6 heteroatoms. The number of benzene rings is 1. The maximum Gasteiger partial charge on any atom is 0.262 e. The van der Waals surface area contributed by atoms with Crippen LogP contribution in [0.5, 0.6) is 0 Å². The summed E-state index contributed by atoms with van der Waals surface area (Å²) in [6.07, 6.45) is 3.14. The van der Waals surface area contributed by atoms with Gasteiger partial charge in [-0.15, -0.1) is 0 Å². The molecule has 0 atom stereocenters. The Hall–Kier alpha value is -2.73. The molecule has 0 radical (unpaired) electrons. The average Bonchev–Trinajstić information content (AvgIpc) is 2.65. The molecule has 1 aliphatic heterocycles. The number of pyridine rings is 1. The zero-order valence-electron chi connectivity index (χ0n) is 13.5. The summed E-state index contributed by atoms with van der Waals surface area (Å²) in [4.78, 5) is 23.1. The zero-order chi connectivity index (χ0) is 16.5. The highest BCUT2D eigenvalue weighted by Crippen LogP contribution is 2.23. The topological polar surface area (TPSA) is 60.3 Å². The van der Waals surface area contributed by atoms with Crippen molar-refractivity contribution in [3.8, 4) is 11.3 Å². The van der Waals surface area contributed by atoms with E-state index in [1.54, 1.807) is 13.2 Å². The molecule has 4 rings (SSSR count). The van der Waals surface area contributed by atoms with Crippen LogP contribution in [0.4, 0.5) is 5.69 Å². The number of ether oxygens (including phenoxy) is 1. The second-order valence-corrected chi connectivity index (χ2v) is 5.89. The summed E-state index contributed by atoms with van der Waals surface area (Å²) in [5.41, 5.74) is 3.60. The van der Waals surface area contributed by atoms with Crippen LogP contribution in [0.1, 0.15) is 0 Å². The van der Waals surface area contributed by atoms with E-state index in [2.05, 4.69) is 39.1 Å². The summed E-state index contributed by atoms with van der Waals surface area (Å²) < 4.78 is 6.85. The number of anilines is 1. The summed E-state index contributed by atoms with van der Waals surface area (Å²) in [7, 11) is 1.69. The van der Waals surface area contributed by atoms with Crippen LogP contribution in [0.15, 0.2) is 47.7 Å². The molecule has 122 valence electrons. The standard InChI is InChI=1S/C18H18N4O2/c1-21-12-20-17-10-16(19-11-15(17)18(21)23)13-2-4-14(5-3-13)22-6-8-24-9-7-22/h2-5,10-12H,6-9H2,1H3. The van der Waals surface area contributed by atoms with E-state index in [1.165, 1.54) is 16.6 Å². The Labute approximate surface area is 139 Å². The molecule has 0 spiro atoms. The van der Waals surface area contributed by atoms with Crippen LogP contribution in [-0.4, -0.2) is 40.8 Å². The molecule has 1 aliphatic rings. The molecule has 3 aromatic rings. The van der Waals surface area contributed by atoms with Crippen LogP contribution in [0.2, 0.25) is 0 Å². The first kappa shape index (κ1) is 14.8. The predicted molar refractivity (Wildman–Crippen MR) is 93.2 cm³/mol. The third-order valence-electron chi connectivity index (χ3n) is 4.34. The summed E-state index contributed by atoms with van der Waals surface area (Å²) in [5, 5.41) is 0.536. The Morgan fingerprint density at radius 3 is 2.58 bits per heavy atom. The van der Waals surface area contributed by atoms with Crippen molar-refractivity contribution in [2.24, 2.45) is 7.05 Å². The first-order valence-corrected chi connectivity index (χ1v) is 7.97. The van der Waals surface area contributed by atoms with Crippen LogP contribution in [-0.2, 0) is 11.8 Å². The van der Waals surface area contributed by atoms with Gasteiger partial charge in [-0.2, -0.15) is 0 Å². The zero-order valence-corrected chi connectivity index (χ0v) is 13.5. The van der Waals surface area contributed by atoms with Gasteiger partial charge < -0.3 is 14.2 Å². The van der Waals surface area contributed by atoms with Gasteiger partial charge in [-0.05, 0) is 18.2 Å². The molecule has 1 saturated heterocycles. The molecule has 0 amide bonds. The molecule has 0 unspecified atom stereocenters. The van der Waals surface area contributed by atoms with Crippen molar-refractivity contribution in [2.75, 3.05) is 31.2 Å². The lowest BCUT2D eigenvalue weighted by Gasteiger charge is -2.28. The second-order valence-electron chi connectivity index (χ2n) is 5.89. The Morgan fingerprint density at radius 1 is 1.08 bits per heavy atom. The van der Waals surface area contributed by atoms with Gasteiger partial charge >= 0.3 is 0 Å². The summed E-state index contributed by atoms with van der Waals surface area (Å²) in [6, 6.07) is 10.2. The Kier molecular flexibility index (Phi) is 3.74. The van der Waals surface area contributed by atoms with Crippen molar-refractivity contribution < 1.29 is 4.74 Å². The van der Waals surface area contributed by atoms with E-state index in [1.807, 2.05) is 6.07 Å². The molecule has 1 fully saturated rings. The van der Waals surface area contributed by atoms with Crippen molar-refractivity contribution in [3.63, 3.8) is 0 Å². The van der Waals surface area contributed by atoms with Crippen molar-refractivity contribution in [1.29, 1.82) is 0 Å². The summed E-state index contributed by atoms with van der Waals surface area (Å²) in [6.45, 7) is 3.38. The third kappa shape index (κ3) is 2.65. The highest BCUT2D eigenvalue weighted by molar-refractivity contribution is 5.81. The molecule has 0 saturated carbocycles. The molecule has 1 aromatic carbocycles. The minimum absolute atomic E-state index is 0.0817. The monoisotopic (exact) mass is 322 g/mol. The minimum Gasteiger partial charge on any atom is -0.378 e. The number of hydrogen-bond acceptors (Lipinski definition) is 5. The van der Waals surface area contributed by atoms with Crippen molar-refractivity contribution in [2.45, 2.75) is 0 Å². The normalized spacial score (nSPS) is 15.0. The Morgan fingerprint density at radius 2 is 1.83 bits per heavy atom. The largest absolute Gasteiger partial charge is 0.378 e. The first-order valence-electron chi connectivity index (χ1n) is 7.97. The predicted octanol–water partition coefficient (Wildman–Crippen LogP) is 1.83. The van der Waals surface area contributed by atoms with Gasteiger partial charge in [0.05, 0.1) is 36.1 Å². The minimum atomic E-state index is -0.0817. The van der Waals surface area contributed by atoms with Gasteiger partial charge in [0.25, 0.3) is 5.56 Å². The van der Waals surface area contributed by atoms with Gasteiger partial charge in [-0.3, -0.25) is 9.78 Å². The van der Waals surface area contributed by atoms with Gasteiger partial charge in [0.2, 0.25) is 0 Å². The average molecular weight is 322 g/mol. The maximum absolute atomic E-state index is 12.1. The lowest BCUT2D eigenvalue weighted by atomic mass is 10.1. The molecule has 24 heavy (non-hydrogen) atoms. The van der Waals surface area contributed by atoms with Crippen LogP contribution in [0.3, 0.4) is 0 Å². The van der Waals surface area contributed by atoms with Gasteiger partial charge in [0.15, 0.2) is 0 Å². The Balaban J connectivity index is 1.67.